The van der Waals surface area contributed by atoms with Gasteiger partial charge < -0.3 is 0 Å². The number of amides is 1. The molecule has 3 N–H and O–H groups in total. The molecule has 0 aliphatic rings. The molecule has 0 aromatic heterocycles. The van der Waals surface area contributed by atoms with Crippen LogP contribution in [0.15, 0.2) is 18.2 Å². The molecule has 0 unspecified atom stereocenters. The molecule has 1 amide bonds. The largest absolute Gasteiger partial charge is 0.290 e. The fourth-order valence-electron chi connectivity index (χ4n) is 0.751. The summed E-state index contributed by atoms with van der Waals surface area (Å²) in [6.07, 6.45) is 0. The maximum atomic E-state index is 11.1. The number of nitrogens with two attached hydrogens (primary N) is 1. The number of benzene rings is 1. The molecule has 0 saturated heterocycles. The summed E-state index contributed by atoms with van der Waals surface area (Å²) in [4.78, 5) is 11.1. The third-order valence-corrected chi connectivity index (χ3v) is 2.43. The van der Waals surface area contributed by atoms with Crippen LogP contribution in [-0.2, 0) is 0 Å². The number of halogens is 2. The van der Waals surface area contributed by atoms with Gasteiger partial charge in [0.2, 0.25) is 0 Å². The van der Waals surface area contributed by atoms with Gasteiger partial charge in [0.1, 0.15) is 0 Å². The van der Waals surface area contributed by atoms with Crippen molar-refractivity contribution in [2.45, 2.75) is 0 Å². The molecule has 3 nitrogen and oxygen atoms in total. The van der Waals surface area contributed by atoms with Crippen molar-refractivity contribution < 1.29 is 4.79 Å². The van der Waals surface area contributed by atoms with Crippen molar-refractivity contribution in [3.8, 4) is 0 Å². The summed E-state index contributed by atoms with van der Waals surface area (Å²) in [5, 5.41) is 0.605. The van der Waals surface area contributed by atoms with Gasteiger partial charge in [0.05, 0.1) is 5.56 Å². The van der Waals surface area contributed by atoms with Crippen molar-refractivity contribution in [1.29, 1.82) is 0 Å². The monoisotopic (exact) mass is 296 g/mol. The fraction of sp³-hybridized carbons (Fsp3) is 0. The van der Waals surface area contributed by atoms with E-state index in [1.54, 1.807) is 18.2 Å². The molecule has 5 heteroatoms. The molecule has 1 aromatic rings. The van der Waals surface area contributed by atoms with Crippen LogP contribution in [-0.4, -0.2) is 5.91 Å². The van der Waals surface area contributed by atoms with Crippen molar-refractivity contribution in [2.24, 2.45) is 5.84 Å². The summed E-state index contributed by atoms with van der Waals surface area (Å²) in [5.74, 6) is 4.67. The van der Waals surface area contributed by atoms with E-state index in [9.17, 15) is 4.79 Å². The Labute approximate surface area is 88.4 Å². The Morgan fingerprint density at radius 3 is 2.75 bits per heavy atom. The molecule has 0 aliphatic carbocycles. The maximum Gasteiger partial charge on any atom is 0.266 e. The van der Waals surface area contributed by atoms with Gasteiger partial charge in [-0.15, -0.1) is 0 Å². The molecular formula is C7H6ClIN2O. The zero-order chi connectivity index (χ0) is 9.14. The quantitative estimate of drug-likeness (QED) is 0.357. The summed E-state index contributed by atoms with van der Waals surface area (Å²) in [6.45, 7) is 0. The number of nitrogen functional groups attached to an aromatic ring is 1. The standard InChI is InChI=1S/C7H6ClIN2O/c8-4-1-2-5(6(9)3-4)7(12)11-10/h1-3H,10H2,(H,11,12). The van der Waals surface area contributed by atoms with Gasteiger partial charge in [0, 0.05) is 8.59 Å². The van der Waals surface area contributed by atoms with Crippen molar-refractivity contribution >= 4 is 40.1 Å². The first-order valence-corrected chi connectivity index (χ1v) is 4.57. The Bertz CT molecular complexity index is 316. The lowest BCUT2D eigenvalue weighted by Crippen LogP contribution is -2.30. The highest BCUT2D eigenvalue weighted by molar-refractivity contribution is 14.1. The normalized spacial score (nSPS) is 9.58. The van der Waals surface area contributed by atoms with Gasteiger partial charge in [0.25, 0.3) is 5.91 Å². The van der Waals surface area contributed by atoms with Gasteiger partial charge in [-0.2, -0.15) is 0 Å². The van der Waals surface area contributed by atoms with E-state index in [4.69, 9.17) is 17.4 Å². The van der Waals surface area contributed by atoms with Crippen LogP contribution >= 0.6 is 34.2 Å². The summed E-state index contributed by atoms with van der Waals surface area (Å²) < 4.78 is 0.781. The molecule has 0 radical (unpaired) electrons. The van der Waals surface area contributed by atoms with Crippen molar-refractivity contribution in [3.05, 3.63) is 32.4 Å². The smallest absolute Gasteiger partial charge is 0.266 e. The number of nitrogens with one attached hydrogen (secondary N) is 1. The molecule has 0 saturated carbocycles. The third kappa shape index (κ3) is 2.09. The van der Waals surface area contributed by atoms with E-state index in [2.05, 4.69) is 5.43 Å². The SMILES string of the molecule is NNC(=O)c1ccc(Cl)cc1I. The number of rotatable bonds is 1. The molecule has 0 aliphatic heterocycles. The molecule has 0 atom stereocenters. The van der Waals surface area contributed by atoms with Crippen LogP contribution in [0.3, 0.4) is 0 Å². The number of carbonyl (C=O) groups is 1. The first-order valence-electron chi connectivity index (χ1n) is 3.11. The Hall–Kier alpha value is -0.330. The van der Waals surface area contributed by atoms with E-state index in [1.807, 2.05) is 22.6 Å². The number of hydrogen-bond acceptors (Lipinski definition) is 2. The van der Waals surface area contributed by atoms with E-state index < -0.39 is 0 Å². The number of carbonyl (C=O) groups excluding carboxylic acids is 1. The predicted molar refractivity (Wildman–Crippen MR) is 55.8 cm³/mol. The third-order valence-electron chi connectivity index (χ3n) is 1.31. The minimum absolute atomic E-state index is 0.309. The highest BCUT2D eigenvalue weighted by Gasteiger charge is 2.07. The van der Waals surface area contributed by atoms with Crippen LogP contribution < -0.4 is 11.3 Å². The van der Waals surface area contributed by atoms with Crippen LogP contribution in [0.1, 0.15) is 10.4 Å². The maximum absolute atomic E-state index is 11.1. The Morgan fingerprint density at radius 2 is 2.25 bits per heavy atom. The van der Waals surface area contributed by atoms with Crippen LogP contribution in [0, 0.1) is 3.57 Å². The van der Waals surface area contributed by atoms with Gasteiger partial charge >= 0.3 is 0 Å². The topological polar surface area (TPSA) is 55.1 Å². The second-order valence-corrected chi connectivity index (χ2v) is 3.70. The number of hydrazine groups is 1. The van der Waals surface area contributed by atoms with Crippen LogP contribution in [0.2, 0.25) is 5.02 Å². The van der Waals surface area contributed by atoms with E-state index >= 15 is 0 Å². The van der Waals surface area contributed by atoms with Crippen molar-refractivity contribution in [1.82, 2.24) is 5.43 Å². The lowest BCUT2D eigenvalue weighted by molar-refractivity contribution is 0.0953. The summed E-state index contributed by atoms with van der Waals surface area (Å²) in [7, 11) is 0. The molecule has 0 spiro atoms. The van der Waals surface area contributed by atoms with Gasteiger partial charge in [-0.05, 0) is 40.8 Å². The van der Waals surface area contributed by atoms with Crippen molar-refractivity contribution in [2.75, 3.05) is 0 Å². The number of hydrogen-bond donors (Lipinski definition) is 2. The minimum Gasteiger partial charge on any atom is -0.290 e. The molecule has 1 aromatic carbocycles. The van der Waals surface area contributed by atoms with Crippen molar-refractivity contribution in [3.63, 3.8) is 0 Å². The highest BCUT2D eigenvalue weighted by Crippen LogP contribution is 2.17. The Balaban J connectivity index is 3.09. The van der Waals surface area contributed by atoms with Crippen LogP contribution in [0.25, 0.3) is 0 Å². The second kappa shape index (κ2) is 4.06. The molecular weight excluding hydrogens is 290 g/mol. The van der Waals surface area contributed by atoms with E-state index in [1.165, 1.54) is 0 Å². The van der Waals surface area contributed by atoms with Crippen LogP contribution in [0.4, 0.5) is 0 Å². The van der Waals surface area contributed by atoms with Gasteiger partial charge in [-0.1, -0.05) is 11.6 Å². The molecule has 0 heterocycles. The Kier molecular flexibility index (Phi) is 3.30. The predicted octanol–water partition coefficient (Wildman–Crippen LogP) is 1.55. The zero-order valence-corrected chi connectivity index (χ0v) is 8.89. The average molecular weight is 296 g/mol. The molecule has 64 valence electrons. The lowest BCUT2D eigenvalue weighted by atomic mass is 10.2. The summed E-state index contributed by atoms with van der Waals surface area (Å²) >= 11 is 7.72. The molecule has 0 fully saturated rings. The Morgan fingerprint density at radius 1 is 1.58 bits per heavy atom. The molecule has 1 rings (SSSR count). The van der Waals surface area contributed by atoms with Gasteiger partial charge in [-0.3, -0.25) is 10.2 Å². The zero-order valence-electron chi connectivity index (χ0n) is 5.97. The van der Waals surface area contributed by atoms with E-state index in [0.717, 1.165) is 3.57 Å². The lowest BCUT2D eigenvalue weighted by Gasteiger charge is -2.01. The van der Waals surface area contributed by atoms with Gasteiger partial charge in [0.15, 0.2) is 0 Å². The molecule has 12 heavy (non-hydrogen) atoms. The van der Waals surface area contributed by atoms with Crippen LogP contribution in [0.5, 0.6) is 0 Å². The summed E-state index contributed by atoms with van der Waals surface area (Å²) in [6, 6.07) is 4.98. The second-order valence-electron chi connectivity index (χ2n) is 2.10. The van der Waals surface area contributed by atoms with E-state index in [-0.39, 0.29) is 5.91 Å². The minimum atomic E-state index is -0.309. The fourth-order valence-corrected chi connectivity index (χ4v) is 1.87. The first kappa shape index (κ1) is 9.76. The summed E-state index contributed by atoms with van der Waals surface area (Å²) in [5.41, 5.74) is 2.58. The van der Waals surface area contributed by atoms with Gasteiger partial charge in [-0.25, -0.2) is 5.84 Å². The average Bonchev–Trinajstić information content (AvgIpc) is 2.03. The molecule has 0 bridgehead atoms. The first-order chi connectivity index (χ1) is 5.65. The van der Waals surface area contributed by atoms with E-state index in [0.29, 0.717) is 10.6 Å². The highest BCUT2D eigenvalue weighted by atomic mass is 127.